The van der Waals surface area contributed by atoms with E-state index in [1.807, 2.05) is 26.0 Å². The molecule has 4 N–H and O–H groups in total. The maximum absolute atomic E-state index is 14.7. The molecule has 0 spiro atoms. The zero-order valence-corrected chi connectivity index (χ0v) is 29.8. The Morgan fingerprint density at radius 1 is 0.979 bits per heavy atom. The summed E-state index contributed by atoms with van der Waals surface area (Å²) >= 11 is 0. The predicted molar refractivity (Wildman–Crippen MR) is 187 cm³/mol. The Morgan fingerprint density at radius 2 is 1.60 bits per heavy atom. The number of Topliss-reactive ketones (excluding diaryl/α,β-unsaturated/α-hetero) is 1. The van der Waals surface area contributed by atoms with Crippen molar-refractivity contribution in [2.45, 2.75) is 104 Å². The standard InChI is InChI=1S/C38H55N5O5/c1-10-12-17-27(31(44)33(46)39-18-11-2)40-32(45)30-28-26(38(28,8)9)21-43(30)34(47)29(25-19-23-15-13-14-16-24(23)20-25)41-35(48)42-37(6,7)22-36(3,4)5/h10-11,13-16,25-30H,1-2,12,17-22H2,3-9H3,(H,39,46)(H,40,45)(H2,41,42,48)/t26-,27?,28-,29+,30+/m1/s1. The van der Waals surface area contributed by atoms with Crippen LogP contribution in [0, 0.1) is 28.6 Å². The molecule has 1 aromatic carbocycles. The number of piperidine rings is 1. The van der Waals surface area contributed by atoms with Gasteiger partial charge in [-0.3, -0.25) is 19.2 Å². The van der Waals surface area contributed by atoms with Gasteiger partial charge >= 0.3 is 6.03 Å². The number of carbonyl (C=O) groups excluding carboxylic acids is 5. The lowest BCUT2D eigenvalue weighted by atomic mass is 9.82. The van der Waals surface area contributed by atoms with E-state index in [-0.39, 0.29) is 47.5 Å². The van der Waals surface area contributed by atoms with Crippen molar-refractivity contribution in [1.82, 2.24) is 26.2 Å². The summed E-state index contributed by atoms with van der Waals surface area (Å²) in [5, 5.41) is 11.5. The molecule has 48 heavy (non-hydrogen) atoms. The third-order valence-electron chi connectivity index (χ3n) is 10.2. The van der Waals surface area contributed by atoms with E-state index in [1.54, 1.807) is 11.0 Å². The molecular weight excluding hydrogens is 606 g/mol. The van der Waals surface area contributed by atoms with Crippen LogP contribution < -0.4 is 21.3 Å². The van der Waals surface area contributed by atoms with Gasteiger partial charge in [0.15, 0.2) is 0 Å². The number of fused-ring (bicyclic) bond motifs is 2. The van der Waals surface area contributed by atoms with E-state index in [0.717, 1.165) is 17.5 Å². The maximum Gasteiger partial charge on any atom is 0.315 e. The highest BCUT2D eigenvalue weighted by molar-refractivity contribution is 6.38. The van der Waals surface area contributed by atoms with Crippen LogP contribution >= 0.6 is 0 Å². The molecule has 1 heterocycles. The van der Waals surface area contributed by atoms with Crippen LogP contribution in [-0.2, 0) is 32.0 Å². The first kappa shape index (κ1) is 36.9. The second kappa shape index (κ2) is 14.3. The zero-order valence-electron chi connectivity index (χ0n) is 29.8. The van der Waals surface area contributed by atoms with Gasteiger partial charge in [0.05, 0.1) is 6.04 Å². The highest BCUT2D eigenvalue weighted by Gasteiger charge is 2.69. The first-order valence-electron chi connectivity index (χ1n) is 17.2. The summed E-state index contributed by atoms with van der Waals surface area (Å²) in [5.74, 6) is -2.56. The van der Waals surface area contributed by atoms with E-state index in [2.05, 4.69) is 81.2 Å². The van der Waals surface area contributed by atoms with Gasteiger partial charge in [-0.05, 0) is 85.7 Å². The molecule has 2 fully saturated rings. The van der Waals surface area contributed by atoms with Gasteiger partial charge < -0.3 is 26.2 Å². The second-order valence-electron chi connectivity index (χ2n) is 16.3. The number of rotatable bonds is 14. The zero-order chi connectivity index (χ0) is 35.6. The molecule has 262 valence electrons. The molecular formula is C38H55N5O5. The number of hydrogen-bond acceptors (Lipinski definition) is 5. The summed E-state index contributed by atoms with van der Waals surface area (Å²) in [6.45, 7) is 22.2. The van der Waals surface area contributed by atoms with Crippen molar-refractivity contribution in [3.05, 3.63) is 60.7 Å². The summed E-state index contributed by atoms with van der Waals surface area (Å²) < 4.78 is 0. The maximum atomic E-state index is 14.7. The first-order valence-corrected chi connectivity index (χ1v) is 17.2. The number of ketones is 1. The number of allylic oxidation sites excluding steroid dienone is 1. The normalized spacial score (nSPS) is 22.4. The molecule has 1 aromatic rings. The quantitative estimate of drug-likeness (QED) is 0.176. The molecule has 0 aromatic heterocycles. The monoisotopic (exact) mass is 661 g/mol. The van der Waals surface area contributed by atoms with Crippen LogP contribution in [0.2, 0.25) is 0 Å². The number of nitrogens with zero attached hydrogens (tertiary/aromatic N) is 1. The van der Waals surface area contributed by atoms with Gasteiger partial charge in [0.1, 0.15) is 12.1 Å². The molecule has 0 radical (unpaired) electrons. The molecule has 10 heteroatoms. The van der Waals surface area contributed by atoms with Crippen molar-refractivity contribution < 1.29 is 24.0 Å². The van der Waals surface area contributed by atoms with Gasteiger partial charge in [-0.1, -0.05) is 71.0 Å². The Kier molecular flexibility index (Phi) is 11.0. The number of nitrogens with one attached hydrogen (secondary N) is 4. The molecule has 2 aliphatic carbocycles. The van der Waals surface area contributed by atoms with Crippen LogP contribution in [0.1, 0.15) is 78.9 Å². The average molecular weight is 662 g/mol. The van der Waals surface area contributed by atoms with Crippen LogP contribution in [0.15, 0.2) is 49.6 Å². The Morgan fingerprint density at radius 3 is 2.17 bits per heavy atom. The number of likely N-dealkylation sites (tertiary alicyclic amines) is 1. The van der Waals surface area contributed by atoms with Gasteiger partial charge in [-0.25, -0.2) is 4.79 Å². The molecule has 3 aliphatic rings. The smallest absolute Gasteiger partial charge is 0.315 e. The lowest BCUT2D eigenvalue weighted by molar-refractivity contribution is -0.144. The predicted octanol–water partition coefficient (Wildman–Crippen LogP) is 4.09. The summed E-state index contributed by atoms with van der Waals surface area (Å²) in [6.07, 6.45) is 5.68. The fourth-order valence-electron chi connectivity index (χ4n) is 8.28. The van der Waals surface area contributed by atoms with E-state index >= 15 is 0 Å². The first-order chi connectivity index (χ1) is 22.4. The van der Waals surface area contributed by atoms with Gasteiger partial charge in [0.2, 0.25) is 17.6 Å². The molecule has 1 saturated carbocycles. The van der Waals surface area contributed by atoms with Crippen LogP contribution in [-0.4, -0.2) is 71.2 Å². The molecule has 1 aliphatic heterocycles. The average Bonchev–Trinajstić information content (AvgIpc) is 3.35. The minimum Gasteiger partial charge on any atom is -0.346 e. The van der Waals surface area contributed by atoms with Gasteiger partial charge in [0, 0.05) is 18.6 Å². The Labute approximate surface area is 285 Å². The highest BCUT2D eigenvalue weighted by Crippen LogP contribution is 2.65. The van der Waals surface area contributed by atoms with E-state index in [0.29, 0.717) is 25.8 Å². The third-order valence-corrected chi connectivity index (χ3v) is 10.2. The van der Waals surface area contributed by atoms with Crippen molar-refractivity contribution in [3.8, 4) is 0 Å². The van der Waals surface area contributed by atoms with Crippen molar-refractivity contribution in [1.29, 1.82) is 0 Å². The summed E-state index contributed by atoms with van der Waals surface area (Å²) in [5.41, 5.74) is 1.56. The van der Waals surface area contributed by atoms with Crippen molar-refractivity contribution in [3.63, 3.8) is 0 Å². The fraction of sp³-hybridized carbons (Fsp3) is 0.605. The topological polar surface area (TPSA) is 137 Å². The lowest BCUT2D eigenvalue weighted by Gasteiger charge is -2.37. The largest absolute Gasteiger partial charge is 0.346 e. The highest BCUT2D eigenvalue weighted by atomic mass is 16.2. The van der Waals surface area contributed by atoms with Crippen LogP contribution in [0.5, 0.6) is 0 Å². The second-order valence-corrected chi connectivity index (χ2v) is 16.3. The minimum atomic E-state index is -1.08. The van der Waals surface area contributed by atoms with Crippen LogP contribution in [0.4, 0.5) is 4.79 Å². The molecule has 10 nitrogen and oxygen atoms in total. The minimum absolute atomic E-state index is 0.0275. The number of hydrogen-bond donors (Lipinski definition) is 4. The molecule has 5 atom stereocenters. The summed E-state index contributed by atoms with van der Waals surface area (Å²) in [7, 11) is 0. The SMILES string of the molecule is C=CCCC(NC(=O)[C@@H]1[C@H]2[C@@H](CN1C(=O)[C@@H](NC(=O)NC(C)(C)CC(C)(C)C)C1Cc3ccccc3C1)C2(C)C)C(=O)C(=O)NCC=C. The summed E-state index contributed by atoms with van der Waals surface area (Å²) in [4.78, 5) is 69.7. The number of benzene rings is 1. The van der Waals surface area contributed by atoms with Crippen LogP contribution in [0.25, 0.3) is 0 Å². The Bertz CT molecular complexity index is 1420. The van der Waals surface area contributed by atoms with E-state index in [1.165, 1.54) is 6.08 Å². The Hall–Kier alpha value is -3.95. The number of carbonyl (C=O) groups is 5. The lowest BCUT2D eigenvalue weighted by Crippen LogP contribution is -2.61. The molecule has 0 bridgehead atoms. The fourth-order valence-corrected chi connectivity index (χ4v) is 8.28. The molecule has 1 saturated heterocycles. The van der Waals surface area contributed by atoms with Gasteiger partial charge in [-0.2, -0.15) is 0 Å². The van der Waals surface area contributed by atoms with Crippen LogP contribution in [0.3, 0.4) is 0 Å². The van der Waals surface area contributed by atoms with E-state index in [9.17, 15) is 24.0 Å². The summed E-state index contributed by atoms with van der Waals surface area (Å²) in [6, 6.07) is 4.84. The number of amides is 5. The van der Waals surface area contributed by atoms with E-state index in [4.69, 9.17) is 0 Å². The number of urea groups is 1. The van der Waals surface area contributed by atoms with Crippen molar-refractivity contribution >= 4 is 29.5 Å². The van der Waals surface area contributed by atoms with E-state index < -0.39 is 47.3 Å². The van der Waals surface area contributed by atoms with Crippen molar-refractivity contribution in [2.24, 2.45) is 28.6 Å². The third kappa shape index (κ3) is 8.36. The molecule has 4 rings (SSSR count). The van der Waals surface area contributed by atoms with Crippen molar-refractivity contribution in [2.75, 3.05) is 13.1 Å². The van der Waals surface area contributed by atoms with Gasteiger partial charge in [0.25, 0.3) is 5.91 Å². The Balaban J connectivity index is 1.60. The molecule has 1 unspecified atom stereocenters. The van der Waals surface area contributed by atoms with Gasteiger partial charge in [-0.15, -0.1) is 13.2 Å². The molecule has 5 amide bonds.